The van der Waals surface area contributed by atoms with Crippen molar-refractivity contribution in [2.24, 2.45) is 4.76 Å². The summed E-state index contributed by atoms with van der Waals surface area (Å²) < 4.78 is 4.62. The molecule has 4 nitrogen and oxygen atoms in total. The van der Waals surface area contributed by atoms with E-state index in [9.17, 15) is 0 Å². The highest BCUT2D eigenvalue weighted by atomic mass is 32.9. The maximum Gasteiger partial charge on any atom is 0.197 e. The average Bonchev–Trinajstić information content (AvgIpc) is 2.59. The quantitative estimate of drug-likeness (QED) is 0.774. The number of thioether (sulfide) groups is 1. The Hall–Kier alpha value is 0.0300. The molecule has 0 spiro atoms. The van der Waals surface area contributed by atoms with Gasteiger partial charge in [-0.3, -0.25) is 5.10 Å². The number of aryl methyl sites for hydroxylation is 1. The zero-order valence-electron chi connectivity index (χ0n) is 8.57. The van der Waals surface area contributed by atoms with Crippen molar-refractivity contribution in [3.8, 4) is 0 Å². The molecule has 0 fully saturated rings. The van der Waals surface area contributed by atoms with Gasteiger partial charge in [-0.25, -0.2) is 4.76 Å². The minimum Gasteiger partial charge on any atom is -0.315 e. The molecule has 2 heterocycles. The van der Waals surface area contributed by atoms with Gasteiger partial charge < -0.3 is 5.09 Å². The summed E-state index contributed by atoms with van der Waals surface area (Å²) in [6.07, 6.45) is 4.00. The minimum absolute atomic E-state index is 0.851. The van der Waals surface area contributed by atoms with Gasteiger partial charge in [0.2, 0.25) is 0 Å². The number of nitrogens with zero attached hydrogens (tertiary/aromatic N) is 2. The Labute approximate surface area is 102 Å². The largest absolute Gasteiger partial charge is 0.315 e. The molecule has 0 bridgehead atoms. The van der Waals surface area contributed by atoms with Crippen LogP contribution in [0.4, 0.5) is 5.82 Å². The molecule has 1 aromatic rings. The molecule has 2 N–H and O–H groups in total. The molecular weight excluding hydrogens is 267 g/mol. The van der Waals surface area contributed by atoms with E-state index in [2.05, 4.69) is 20.0 Å². The van der Waals surface area contributed by atoms with E-state index in [0.717, 1.165) is 22.1 Å². The van der Waals surface area contributed by atoms with Crippen LogP contribution in [0.5, 0.6) is 0 Å². The Bertz CT molecular complexity index is 467. The summed E-state index contributed by atoms with van der Waals surface area (Å²) in [6, 6.07) is 0. The maximum atomic E-state index is 5.49. The van der Waals surface area contributed by atoms with Crippen molar-refractivity contribution in [1.82, 2.24) is 10.2 Å². The Morgan fingerprint density at radius 1 is 1.40 bits per heavy atom. The normalized spacial score (nSPS) is 24.3. The highest BCUT2D eigenvalue weighted by molar-refractivity contribution is 8.70. The van der Waals surface area contributed by atoms with Crippen LogP contribution < -0.4 is 5.09 Å². The fourth-order valence-corrected chi connectivity index (χ4v) is 5.31. The molecule has 15 heavy (non-hydrogen) atoms. The van der Waals surface area contributed by atoms with E-state index >= 15 is 0 Å². The lowest BCUT2D eigenvalue weighted by Crippen LogP contribution is -2.07. The number of aromatic nitrogens is 2. The molecule has 8 heteroatoms. The maximum absolute atomic E-state index is 5.49. The monoisotopic (exact) mass is 278 g/mol. The molecule has 2 rings (SSSR count). The van der Waals surface area contributed by atoms with E-state index in [1.54, 1.807) is 23.1 Å². The number of nitrogens with one attached hydrogen (secondary N) is 2. The second-order valence-corrected chi connectivity index (χ2v) is 10.6. The van der Waals surface area contributed by atoms with Gasteiger partial charge in [-0.15, -0.1) is 11.8 Å². The third-order valence-corrected chi connectivity index (χ3v) is 8.21. The Morgan fingerprint density at radius 3 is 2.73 bits per heavy atom. The summed E-state index contributed by atoms with van der Waals surface area (Å²) in [4.78, 5) is 0. The average molecular weight is 278 g/mol. The molecule has 0 aromatic carbocycles. The standard InChI is InChI=1S/C7H11N4PS3/c1-4-5-6(9-8-4)10-12(13,15-3)11-7(5)14-2/h1-3H3,(H2,8,9,10,11,13)/t12-/m1/s1. The molecule has 1 aliphatic rings. The number of hydrogen-bond acceptors (Lipinski definition) is 4. The Morgan fingerprint density at radius 2 is 2.13 bits per heavy atom. The van der Waals surface area contributed by atoms with Gasteiger partial charge in [0.05, 0.1) is 5.56 Å². The number of hydrogen-bond donors (Lipinski definition) is 2. The fourth-order valence-electron chi connectivity index (χ4n) is 1.33. The van der Waals surface area contributed by atoms with Crippen LogP contribution in [0.25, 0.3) is 0 Å². The fraction of sp³-hybridized carbons (Fsp3) is 0.429. The summed E-state index contributed by atoms with van der Waals surface area (Å²) in [6.45, 7) is 1.99. The molecule has 1 aromatic heterocycles. The molecule has 0 unspecified atom stereocenters. The van der Waals surface area contributed by atoms with E-state index in [1.807, 2.05) is 19.4 Å². The number of rotatable bonds is 1. The first kappa shape index (κ1) is 11.5. The predicted octanol–water partition coefficient (Wildman–Crippen LogP) is 2.84. The van der Waals surface area contributed by atoms with Crippen molar-refractivity contribution in [2.45, 2.75) is 6.92 Å². The second-order valence-electron chi connectivity index (χ2n) is 3.00. The Kier molecular flexibility index (Phi) is 3.17. The lowest BCUT2D eigenvalue weighted by atomic mass is 10.2. The smallest absolute Gasteiger partial charge is 0.197 e. The summed E-state index contributed by atoms with van der Waals surface area (Å²) in [7, 11) is 0. The number of fused-ring (bicyclic) bond motifs is 1. The van der Waals surface area contributed by atoms with Gasteiger partial charge in [-0.2, -0.15) is 5.10 Å². The van der Waals surface area contributed by atoms with Crippen molar-refractivity contribution in [3.63, 3.8) is 0 Å². The summed E-state index contributed by atoms with van der Waals surface area (Å²) in [5.41, 5.74) is 0.200. The molecule has 82 valence electrons. The lowest BCUT2D eigenvalue weighted by molar-refractivity contribution is 1.05. The molecule has 0 saturated heterocycles. The van der Waals surface area contributed by atoms with Gasteiger partial charge in [0, 0.05) is 5.69 Å². The molecule has 0 radical (unpaired) electrons. The zero-order chi connectivity index (χ0) is 11.1. The molecule has 0 amide bonds. The van der Waals surface area contributed by atoms with Gasteiger partial charge in [-0.05, 0) is 31.2 Å². The summed E-state index contributed by atoms with van der Waals surface area (Å²) in [5, 5.41) is 11.4. The first-order valence-electron chi connectivity index (χ1n) is 4.23. The SMILES string of the molecule is CSC1=N[P@](=S)(SC)Nc2n[nH]c(C)c21. The first-order valence-corrected chi connectivity index (χ1v) is 10.0. The third kappa shape index (κ3) is 1.98. The van der Waals surface area contributed by atoms with E-state index in [-0.39, 0.29) is 0 Å². The van der Waals surface area contributed by atoms with Crippen LogP contribution in [0.15, 0.2) is 4.76 Å². The third-order valence-electron chi connectivity index (χ3n) is 2.07. The van der Waals surface area contributed by atoms with Crippen LogP contribution in [0, 0.1) is 6.92 Å². The Balaban J connectivity index is 2.57. The summed E-state index contributed by atoms with van der Waals surface area (Å²) in [5.74, 6) is 0.851. The molecule has 1 atom stereocenters. The van der Waals surface area contributed by atoms with Gasteiger partial charge in [0.1, 0.15) is 5.04 Å². The number of aromatic amines is 1. The molecular formula is C7H11N4PS3. The predicted molar refractivity (Wildman–Crippen MR) is 74.8 cm³/mol. The van der Waals surface area contributed by atoms with E-state index in [0.29, 0.717) is 0 Å². The molecule has 0 aliphatic carbocycles. The zero-order valence-corrected chi connectivity index (χ0v) is 11.9. The van der Waals surface area contributed by atoms with E-state index in [4.69, 9.17) is 11.8 Å². The topological polar surface area (TPSA) is 53.1 Å². The van der Waals surface area contributed by atoms with Gasteiger partial charge in [0.25, 0.3) is 0 Å². The molecule has 0 saturated carbocycles. The van der Waals surface area contributed by atoms with Crippen LogP contribution in [-0.4, -0.2) is 27.8 Å². The number of anilines is 1. The van der Waals surface area contributed by atoms with Crippen LogP contribution in [0.2, 0.25) is 0 Å². The minimum atomic E-state index is -1.90. The first-order chi connectivity index (χ1) is 7.09. The van der Waals surface area contributed by atoms with Gasteiger partial charge in [-0.1, -0.05) is 11.4 Å². The lowest BCUT2D eigenvalue weighted by Gasteiger charge is -2.22. The number of H-pyrrole nitrogens is 1. The van der Waals surface area contributed by atoms with Crippen molar-refractivity contribution >= 4 is 51.4 Å². The van der Waals surface area contributed by atoms with E-state index < -0.39 is 5.54 Å². The molecule has 1 aliphatic heterocycles. The van der Waals surface area contributed by atoms with Crippen molar-refractivity contribution < 1.29 is 0 Å². The van der Waals surface area contributed by atoms with Crippen molar-refractivity contribution in [2.75, 3.05) is 17.6 Å². The van der Waals surface area contributed by atoms with Gasteiger partial charge >= 0.3 is 0 Å². The van der Waals surface area contributed by atoms with Crippen LogP contribution in [0.1, 0.15) is 11.3 Å². The highest BCUT2D eigenvalue weighted by Gasteiger charge is 2.28. The van der Waals surface area contributed by atoms with Crippen LogP contribution in [0.3, 0.4) is 0 Å². The van der Waals surface area contributed by atoms with Crippen LogP contribution >= 0.6 is 28.7 Å². The van der Waals surface area contributed by atoms with E-state index in [1.165, 1.54) is 0 Å². The van der Waals surface area contributed by atoms with Crippen LogP contribution in [-0.2, 0) is 11.8 Å². The summed E-state index contributed by atoms with van der Waals surface area (Å²) >= 11 is 8.71. The highest BCUT2D eigenvalue weighted by Crippen LogP contribution is 2.61. The van der Waals surface area contributed by atoms with Crippen molar-refractivity contribution in [1.29, 1.82) is 0 Å². The van der Waals surface area contributed by atoms with Crippen molar-refractivity contribution in [3.05, 3.63) is 11.3 Å². The van der Waals surface area contributed by atoms with Gasteiger partial charge in [0.15, 0.2) is 11.4 Å². The second kappa shape index (κ2) is 4.13.